The topological polar surface area (TPSA) is 73.0 Å². The number of nitrogens with zero attached hydrogens (tertiary/aromatic N) is 3. The van der Waals surface area contributed by atoms with Crippen molar-refractivity contribution in [3.63, 3.8) is 0 Å². The van der Waals surface area contributed by atoms with Crippen LogP contribution in [-0.4, -0.2) is 65.9 Å². The second-order valence-corrected chi connectivity index (χ2v) is 9.48. The maximum atomic E-state index is 13.5. The number of benzene rings is 1. The summed E-state index contributed by atoms with van der Waals surface area (Å²) in [5.74, 6) is -0.0110. The van der Waals surface area contributed by atoms with Gasteiger partial charge >= 0.3 is 6.03 Å². The van der Waals surface area contributed by atoms with Crippen LogP contribution < -0.4 is 5.32 Å². The van der Waals surface area contributed by atoms with E-state index in [1.165, 1.54) is 11.3 Å². The minimum atomic E-state index is -1.06. The normalized spacial score (nSPS) is 22.3. The molecule has 1 aromatic carbocycles. The number of carbonyl (C=O) groups is 3. The number of amides is 4. The molecule has 1 saturated heterocycles. The van der Waals surface area contributed by atoms with Crippen LogP contribution in [0, 0.1) is 5.92 Å². The molecule has 0 aromatic heterocycles. The van der Waals surface area contributed by atoms with Gasteiger partial charge in [-0.15, -0.1) is 0 Å². The van der Waals surface area contributed by atoms with Crippen molar-refractivity contribution in [2.24, 2.45) is 5.92 Å². The monoisotopic (exact) mass is 428 g/mol. The van der Waals surface area contributed by atoms with Crippen molar-refractivity contribution in [1.29, 1.82) is 0 Å². The van der Waals surface area contributed by atoms with E-state index < -0.39 is 11.6 Å². The van der Waals surface area contributed by atoms with Crippen molar-refractivity contribution >= 4 is 17.8 Å². The van der Waals surface area contributed by atoms with E-state index in [1.54, 1.807) is 11.9 Å². The van der Waals surface area contributed by atoms with E-state index in [0.29, 0.717) is 12.5 Å². The Balaban J connectivity index is 1.69. The first-order valence-corrected chi connectivity index (χ1v) is 11.4. The third-order valence-corrected chi connectivity index (χ3v) is 6.46. The smallest absolute Gasteiger partial charge is 0.326 e. The minimum Gasteiger partial charge on any atom is -0.342 e. The van der Waals surface area contributed by atoms with E-state index in [-0.39, 0.29) is 30.9 Å². The molecule has 7 heteroatoms. The summed E-state index contributed by atoms with van der Waals surface area (Å²) in [4.78, 5) is 43.9. The van der Waals surface area contributed by atoms with Crippen molar-refractivity contribution in [3.8, 4) is 0 Å². The molecule has 1 atom stereocenters. The van der Waals surface area contributed by atoms with Crippen LogP contribution in [0.1, 0.15) is 57.9 Å². The first-order valence-electron chi connectivity index (χ1n) is 11.4. The first-order chi connectivity index (χ1) is 14.7. The quantitative estimate of drug-likeness (QED) is 0.646. The van der Waals surface area contributed by atoms with E-state index in [1.807, 2.05) is 56.1 Å². The molecule has 31 heavy (non-hydrogen) atoms. The summed E-state index contributed by atoms with van der Waals surface area (Å²) in [6.45, 7) is 4.34. The molecular weight excluding hydrogens is 392 g/mol. The predicted octanol–water partition coefficient (Wildman–Crippen LogP) is 3.16. The van der Waals surface area contributed by atoms with Gasteiger partial charge in [-0.2, -0.15) is 0 Å². The van der Waals surface area contributed by atoms with Gasteiger partial charge in [0.2, 0.25) is 5.91 Å². The molecule has 7 nitrogen and oxygen atoms in total. The van der Waals surface area contributed by atoms with Crippen LogP contribution in [0.3, 0.4) is 0 Å². The van der Waals surface area contributed by atoms with Crippen molar-refractivity contribution in [1.82, 2.24) is 20.0 Å². The molecule has 1 heterocycles. The maximum absolute atomic E-state index is 13.5. The summed E-state index contributed by atoms with van der Waals surface area (Å²) >= 11 is 0. The van der Waals surface area contributed by atoms with Gasteiger partial charge in [0.15, 0.2) is 0 Å². The first kappa shape index (κ1) is 23.3. The van der Waals surface area contributed by atoms with E-state index in [9.17, 15) is 14.4 Å². The number of likely N-dealkylation sites (N-methyl/N-ethyl adjacent to an activating group) is 2. The predicted molar refractivity (Wildman–Crippen MR) is 120 cm³/mol. The Morgan fingerprint density at radius 2 is 1.77 bits per heavy atom. The molecule has 1 unspecified atom stereocenters. The van der Waals surface area contributed by atoms with Gasteiger partial charge < -0.3 is 10.2 Å². The third kappa shape index (κ3) is 5.09. The Kier molecular flexibility index (Phi) is 7.36. The second-order valence-electron chi connectivity index (χ2n) is 9.48. The second kappa shape index (κ2) is 9.81. The zero-order valence-electron chi connectivity index (χ0n) is 19.3. The van der Waals surface area contributed by atoms with Crippen LogP contribution in [0.2, 0.25) is 0 Å². The molecule has 4 amide bonds. The molecule has 1 aromatic rings. The van der Waals surface area contributed by atoms with Gasteiger partial charge in [-0.05, 0) is 37.8 Å². The highest BCUT2D eigenvalue weighted by Crippen LogP contribution is 2.35. The molecular formula is C24H36N4O3. The molecule has 1 aliphatic carbocycles. The highest BCUT2D eigenvalue weighted by Gasteiger charge is 2.52. The van der Waals surface area contributed by atoms with Gasteiger partial charge in [-0.1, -0.05) is 63.4 Å². The van der Waals surface area contributed by atoms with E-state index in [2.05, 4.69) is 5.32 Å². The average Bonchev–Trinajstić information content (AvgIpc) is 2.98. The molecule has 0 radical (unpaired) electrons. The molecule has 2 fully saturated rings. The summed E-state index contributed by atoms with van der Waals surface area (Å²) in [5.41, 5.74) is -0.267. The Labute approximate surface area is 185 Å². The highest BCUT2D eigenvalue weighted by atomic mass is 16.2. The number of hydrogen-bond donors (Lipinski definition) is 1. The average molecular weight is 429 g/mol. The van der Waals surface area contributed by atoms with E-state index in [0.717, 1.165) is 31.2 Å². The van der Waals surface area contributed by atoms with E-state index >= 15 is 0 Å². The molecule has 1 N–H and O–H groups in total. The van der Waals surface area contributed by atoms with Gasteiger partial charge in [0, 0.05) is 13.1 Å². The van der Waals surface area contributed by atoms with Gasteiger partial charge in [-0.3, -0.25) is 14.5 Å². The van der Waals surface area contributed by atoms with Gasteiger partial charge in [0.1, 0.15) is 5.54 Å². The van der Waals surface area contributed by atoms with Crippen molar-refractivity contribution in [3.05, 3.63) is 35.9 Å². The molecule has 0 bridgehead atoms. The largest absolute Gasteiger partial charge is 0.342 e. The SMILES string of the molecule is CC(C)CC1(c2ccccc2)NC(=O)N(CN(C)CC(=O)N(C)C2CCCCC2)C1=O. The number of nitrogens with one attached hydrogen (secondary N) is 1. The lowest BCUT2D eigenvalue weighted by molar-refractivity contribution is -0.137. The Hall–Kier alpha value is -2.41. The Bertz CT molecular complexity index is 791. The van der Waals surface area contributed by atoms with Crippen LogP contribution >= 0.6 is 0 Å². The summed E-state index contributed by atoms with van der Waals surface area (Å²) in [6, 6.07) is 9.31. The highest BCUT2D eigenvalue weighted by molar-refractivity contribution is 6.07. The van der Waals surface area contributed by atoms with Crippen LogP contribution in [0.15, 0.2) is 30.3 Å². The van der Waals surface area contributed by atoms with Crippen molar-refractivity contribution in [2.75, 3.05) is 27.3 Å². The lowest BCUT2D eigenvalue weighted by atomic mass is 9.82. The lowest BCUT2D eigenvalue weighted by Crippen LogP contribution is -2.48. The third-order valence-electron chi connectivity index (χ3n) is 6.46. The number of carbonyl (C=O) groups excluding carboxylic acids is 3. The summed E-state index contributed by atoms with van der Waals surface area (Å²) in [6.07, 6.45) is 6.19. The fourth-order valence-corrected chi connectivity index (χ4v) is 4.85. The van der Waals surface area contributed by atoms with Crippen LogP contribution in [0.5, 0.6) is 0 Å². The van der Waals surface area contributed by atoms with Crippen LogP contribution in [0.4, 0.5) is 4.79 Å². The molecule has 3 rings (SSSR count). The number of imide groups is 1. The van der Waals surface area contributed by atoms with Crippen LogP contribution in [0.25, 0.3) is 0 Å². The van der Waals surface area contributed by atoms with Gasteiger partial charge in [-0.25, -0.2) is 9.69 Å². The number of rotatable bonds is 8. The number of urea groups is 1. The zero-order chi connectivity index (χ0) is 22.6. The summed E-state index contributed by atoms with van der Waals surface area (Å²) in [5, 5.41) is 2.96. The van der Waals surface area contributed by atoms with Crippen LogP contribution in [-0.2, 0) is 15.1 Å². The van der Waals surface area contributed by atoms with E-state index in [4.69, 9.17) is 0 Å². The molecule has 1 saturated carbocycles. The molecule has 1 aliphatic heterocycles. The standard InChI is InChI=1S/C24H36N4O3/c1-18(2)15-24(19-11-7-5-8-12-19)22(30)28(23(31)25-24)17-26(3)16-21(29)27(4)20-13-9-6-10-14-20/h5,7-8,11-12,18,20H,6,9-10,13-17H2,1-4H3,(H,25,31). The maximum Gasteiger partial charge on any atom is 0.326 e. The van der Waals surface area contributed by atoms with Gasteiger partial charge in [0.25, 0.3) is 5.91 Å². The minimum absolute atomic E-state index is 0.0259. The fraction of sp³-hybridized carbons (Fsp3) is 0.625. The Morgan fingerprint density at radius 1 is 1.13 bits per heavy atom. The lowest BCUT2D eigenvalue weighted by Gasteiger charge is -2.33. The summed E-state index contributed by atoms with van der Waals surface area (Å²) in [7, 11) is 3.64. The zero-order valence-corrected chi connectivity index (χ0v) is 19.3. The molecule has 2 aliphatic rings. The van der Waals surface area contributed by atoms with Crippen molar-refractivity contribution < 1.29 is 14.4 Å². The number of hydrogen-bond acceptors (Lipinski definition) is 4. The fourth-order valence-electron chi connectivity index (χ4n) is 4.85. The molecule has 0 spiro atoms. The van der Waals surface area contributed by atoms with Crippen molar-refractivity contribution in [2.45, 2.75) is 64.0 Å². The molecule has 170 valence electrons. The van der Waals surface area contributed by atoms with Gasteiger partial charge in [0.05, 0.1) is 13.2 Å². The summed E-state index contributed by atoms with van der Waals surface area (Å²) < 4.78 is 0. The Morgan fingerprint density at radius 3 is 2.39 bits per heavy atom.